The Bertz CT molecular complexity index is 453. The van der Waals surface area contributed by atoms with Crippen molar-refractivity contribution in [1.29, 1.82) is 0 Å². The summed E-state index contributed by atoms with van der Waals surface area (Å²) >= 11 is 0. The topological polar surface area (TPSA) is 104 Å². The van der Waals surface area contributed by atoms with Crippen molar-refractivity contribution in [3.05, 3.63) is 5.82 Å². The minimum atomic E-state index is -3.47. The molecule has 9 heteroatoms. The van der Waals surface area contributed by atoms with E-state index in [4.69, 9.17) is 0 Å². The zero-order valence-electron chi connectivity index (χ0n) is 10.3. The first-order chi connectivity index (χ1) is 8.59. The number of aromatic amines is 1. The molecule has 0 atom stereocenters. The van der Waals surface area contributed by atoms with E-state index in [0.29, 0.717) is 5.82 Å². The summed E-state index contributed by atoms with van der Waals surface area (Å²) in [5.41, 5.74) is 0. The molecule has 0 amide bonds. The third-order valence-electron chi connectivity index (χ3n) is 3.27. The van der Waals surface area contributed by atoms with E-state index in [1.54, 1.807) is 7.05 Å². The standard InChI is InChI=1S/C9H18N6O2S/c1-15(8-5-3-2-4-6-8)18(16,17)10-7-9-11-13-14-12-9/h8,10H,2-7H2,1H3,(H,11,12,13,14). The predicted molar refractivity (Wildman–Crippen MR) is 64.6 cm³/mol. The highest BCUT2D eigenvalue weighted by Crippen LogP contribution is 2.22. The second-order valence-electron chi connectivity index (χ2n) is 4.46. The highest BCUT2D eigenvalue weighted by molar-refractivity contribution is 7.87. The van der Waals surface area contributed by atoms with Crippen LogP contribution in [0.2, 0.25) is 0 Å². The lowest BCUT2D eigenvalue weighted by Crippen LogP contribution is -2.44. The summed E-state index contributed by atoms with van der Waals surface area (Å²) in [4.78, 5) is 0. The molecule has 1 aromatic rings. The summed E-state index contributed by atoms with van der Waals surface area (Å²) in [5.74, 6) is 0.329. The summed E-state index contributed by atoms with van der Waals surface area (Å²) in [6.45, 7) is 0.0515. The lowest BCUT2D eigenvalue weighted by atomic mass is 9.96. The fraction of sp³-hybridized carbons (Fsp3) is 0.889. The molecule has 0 bridgehead atoms. The van der Waals surface area contributed by atoms with Crippen LogP contribution in [-0.4, -0.2) is 46.4 Å². The molecule has 1 heterocycles. The third kappa shape index (κ3) is 3.24. The number of aromatic nitrogens is 4. The fourth-order valence-corrected chi connectivity index (χ4v) is 3.27. The maximum Gasteiger partial charge on any atom is 0.279 e. The molecule has 0 radical (unpaired) electrons. The molecule has 1 aliphatic carbocycles. The van der Waals surface area contributed by atoms with Gasteiger partial charge in [0.15, 0.2) is 5.82 Å². The molecule has 1 fully saturated rings. The number of nitrogens with one attached hydrogen (secondary N) is 2. The Hall–Kier alpha value is -1.06. The summed E-state index contributed by atoms with van der Waals surface area (Å²) in [6.07, 6.45) is 5.24. The van der Waals surface area contributed by atoms with Crippen LogP contribution in [-0.2, 0) is 16.8 Å². The largest absolute Gasteiger partial charge is 0.279 e. The molecule has 0 spiro atoms. The summed E-state index contributed by atoms with van der Waals surface area (Å²) in [5, 5.41) is 13.0. The maximum absolute atomic E-state index is 12.1. The van der Waals surface area contributed by atoms with Gasteiger partial charge in [0.25, 0.3) is 10.2 Å². The summed E-state index contributed by atoms with van der Waals surface area (Å²) < 4.78 is 28.0. The lowest BCUT2D eigenvalue weighted by molar-refractivity contribution is 0.282. The fourth-order valence-electron chi connectivity index (χ4n) is 2.16. The van der Waals surface area contributed by atoms with Crippen molar-refractivity contribution >= 4 is 10.2 Å². The number of nitrogens with zero attached hydrogens (tertiary/aromatic N) is 4. The van der Waals surface area contributed by atoms with Crippen LogP contribution in [0, 0.1) is 0 Å². The predicted octanol–water partition coefficient (Wildman–Crippen LogP) is -0.201. The minimum absolute atomic E-state index is 0.0515. The molecule has 18 heavy (non-hydrogen) atoms. The van der Waals surface area contributed by atoms with E-state index < -0.39 is 10.2 Å². The third-order valence-corrected chi connectivity index (χ3v) is 4.84. The van der Waals surface area contributed by atoms with E-state index in [1.165, 1.54) is 10.7 Å². The highest BCUT2D eigenvalue weighted by atomic mass is 32.2. The van der Waals surface area contributed by atoms with E-state index in [-0.39, 0.29) is 12.6 Å². The molecular weight excluding hydrogens is 256 g/mol. The highest BCUT2D eigenvalue weighted by Gasteiger charge is 2.27. The maximum atomic E-state index is 12.1. The molecule has 0 saturated heterocycles. The number of hydrogen-bond donors (Lipinski definition) is 2. The second-order valence-corrected chi connectivity index (χ2v) is 6.28. The van der Waals surface area contributed by atoms with Gasteiger partial charge in [0.05, 0.1) is 6.54 Å². The summed E-state index contributed by atoms with van der Waals surface area (Å²) in [6, 6.07) is 0.0986. The first-order valence-corrected chi connectivity index (χ1v) is 7.48. The van der Waals surface area contributed by atoms with Crippen LogP contribution in [0.15, 0.2) is 0 Å². The second kappa shape index (κ2) is 5.72. The molecule has 0 unspecified atom stereocenters. The Kier molecular flexibility index (Phi) is 4.25. The molecule has 1 saturated carbocycles. The Morgan fingerprint density at radius 2 is 2.11 bits per heavy atom. The van der Waals surface area contributed by atoms with Crippen LogP contribution in [0.1, 0.15) is 37.9 Å². The van der Waals surface area contributed by atoms with Gasteiger partial charge in [0, 0.05) is 13.1 Å². The molecule has 1 aliphatic rings. The Balaban J connectivity index is 1.92. The quantitative estimate of drug-likeness (QED) is 0.773. The van der Waals surface area contributed by atoms with Gasteiger partial charge in [-0.05, 0) is 12.8 Å². The number of rotatable bonds is 5. The van der Waals surface area contributed by atoms with Crippen molar-refractivity contribution in [2.24, 2.45) is 0 Å². The molecule has 0 aromatic carbocycles. The monoisotopic (exact) mass is 274 g/mol. The first-order valence-electron chi connectivity index (χ1n) is 6.04. The van der Waals surface area contributed by atoms with Crippen molar-refractivity contribution in [3.63, 3.8) is 0 Å². The minimum Gasteiger partial charge on any atom is -0.195 e. The Morgan fingerprint density at radius 1 is 1.39 bits per heavy atom. The van der Waals surface area contributed by atoms with Crippen LogP contribution in [0.3, 0.4) is 0 Å². The van der Waals surface area contributed by atoms with Crippen LogP contribution < -0.4 is 4.72 Å². The lowest BCUT2D eigenvalue weighted by Gasteiger charge is -2.30. The van der Waals surface area contributed by atoms with Crippen LogP contribution in [0.4, 0.5) is 0 Å². The molecule has 8 nitrogen and oxygen atoms in total. The van der Waals surface area contributed by atoms with E-state index in [1.807, 2.05) is 0 Å². The van der Waals surface area contributed by atoms with Gasteiger partial charge in [-0.2, -0.15) is 22.7 Å². The summed E-state index contributed by atoms with van der Waals surface area (Å²) in [7, 11) is -1.85. The number of hydrogen-bond acceptors (Lipinski definition) is 5. The number of tetrazole rings is 1. The van der Waals surface area contributed by atoms with E-state index in [0.717, 1.165) is 25.7 Å². The zero-order valence-corrected chi connectivity index (χ0v) is 11.2. The van der Waals surface area contributed by atoms with Crippen LogP contribution in [0.5, 0.6) is 0 Å². The zero-order chi connectivity index (χ0) is 13.0. The number of H-pyrrole nitrogens is 1. The van der Waals surface area contributed by atoms with Gasteiger partial charge < -0.3 is 0 Å². The van der Waals surface area contributed by atoms with Crippen molar-refractivity contribution in [3.8, 4) is 0 Å². The molecule has 2 N–H and O–H groups in total. The first kappa shape index (κ1) is 13.4. The van der Waals surface area contributed by atoms with Crippen LogP contribution >= 0.6 is 0 Å². The van der Waals surface area contributed by atoms with Crippen molar-refractivity contribution < 1.29 is 8.42 Å². The van der Waals surface area contributed by atoms with Gasteiger partial charge in [-0.3, -0.25) is 0 Å². The van der Waals surface area contributed by atoms with Crippen molar-refractivity contribution in [2.75, 3.05) is 7.05 Å². The van der Waals surface area contributed by atoms with E-state index in [2.05, 4.69) is 25.3 Å². The average molecular weight is 274 g/mol. The van der Waals surface area contributed by atoms with Gasteiger partial charge in [-0.1, -0.05) is 24.5 Å². The molecular formula is C9H18N6O2S. The van der Waals surface area contributed by atoms with Crippen molar-refractivity contribution in [1.82, 2.24) is 29.7 Å². The smallest absolute Gasteiger partial charge is 0.195 e. The van der Waals surface area contributed by atoms with Gasteiger partial charge in [0.1, 0.15) is 0 Å². The van der Waals surface area contributed by atoms with Gasteiger partial charge >= 0.3 is 0 Å². The molecule has 1 aromatic heterocycles. The normalized spacial score (nSPS) is 18.3. The SMILES string of the molecule is CN(C1CCCCC1)S(=O)(=O)NCc1nn[nH]n1. The van der Waals surface area contributed by atoms with Gasteiger partial charge in [-0.25, -0.2) is 0 Å². The van der Waals surface area contributed by atoms with E-state index >= 15 is 0 Å². The Morgan fingerprint density at radius 3 is 2.72 bits per heavy atom. The van der Waals surface area contributed by atoms with Crippen molar-refractivity contribution in [2.45, 2.75) is 44.7 Å². The van der Waals surface area contributed by atoms with Gasteiger partial charge in [-0.15, -0.1) is 10.2 Å². The van der Waals surface area contributed by atoms with E-state index in [9.17, 15) is 8.42 Å². The Labute approximate surface area is 106 Å². The molecule has 0 aliphatic heterocycles. The van der Waals surface area contributed by atoms with Crippen LogP contribution in [0.25, 0.3) is 0 Å². The van der Waals surface area contributed by atoms with Gasteiger partial charge in [0.2, 0.25) is 0 Å². The average Bonchev–Trinajstić information content (AvgIpc) is 2.90. The molecule has 2 rings (SSSR count). The molecule has 102 valence electrons.